The van der Waals surface area contributed by atoms with Gasteiger partial charge in [0, 0.05) is 0 Å². The third kappa shape index (κ3) is 1.36. The maximum absolute atomic E-state index is 5.92. The molecule has 0 aliphatic carbocycles. The summed E-state index contributed by atoms with van der Waals surface area (Å²) < 4.78 is 5.36. The highest BCUT2D eigenvalue weighted by molar-refractivity contribution is 5.30. The van der Waals surface area contributed by atoms with Gasteiger partial charge in [-0.2, -0.15) is 0 Å². The molecular weight excluding hydrogens is 150 g/mol. The van der Waals surface area contributed by atoms with Gasteiger partial charge in [0.1, 0.15) is 0 Å². The molecule has 0 radical (unpaired) electrons. The Morgan fingerprint density at radius 2 is 2.17 bits per heavy atom. The van der Waals surface area contributed by atoms with Gasteiger partial charge in [-0.25, -0.2) is 0 Å². The summed E-state index contributed by atoms with van der Waals surface area (Å²) in [5, 5.41) is 0. The lowest BCUT2D eigenvalue weighted by Crippen LogP contribution is -2.15. The number of hydrogen-bond acceptors (Lipinski definition) is 2. The van der Waals surface area contributed by atoms with Crippen LogP contribution in [-0.4, -0.2) is 13.2 Å². The van der Waals surface area contributed by atoms with Crippen LogP contribution >= 0.6 is 0 Å². The zero-order chi connectivity index (χ0) is 8.39. The van der Waals surface area contributed by atoms with Gasteiger partial charge in [0.2, 0.25) is 0 Å². The molecule has 0 fully saturated rings. The van der Waals surface area contributed by atoms with Gasteiger partial charge in [0.05, 0.1) is 19.3 Å². The van der Waals surface area contributed by atoms with Gasteiger partial charge < -0.3 is 10.5 Å². The minimum Gasteiger partial charge on any atom is -0.379 e. The summed E-state index contributed by atoms with van der Waals surface area (Å²) in [6, 6.07) is 8.36. The molecule has 0 saturated carbocycles. The molecule has 0 saturated heterocycles. The monoisotopic (exact) mass is 163 g/mol. The van der Waals surface area contributed by atoms with Crippen LogP contribution in [0.15, 0.2) is 24.3 Å². The van der Waals surface area contributed by atoms with Crippen LogP contribution in [0.4, 0.5) is 0 Å². The Labute approximate surface area is 72.3 Å². The van der Waals surface area contributed by atoms with Crippen molar-refractivity contribution in [1.29, 1.82) is 0 Å². The highest BCUT2D eigenvalue weighted by atomic mass is 16.5. The van der Waals surface area contributed by atoms with Gasteiger partial charge in [0.15, 0.2) is 0 Å². The molecule has 2 heteroatoms. The summed E-state index contributed by atoms with van der Waals surface area (Å²) in [5.74, 6) is 0. The minimum absolute atomic E-state index is 0.0590. The molecule has 2 rings (SSSR count). The molecule has 1 unspecified atom stereocenters. The van der Waals surface area contributed by atoms with Crippen LogP contribution in [0, 0.1) is 0 Å². The van der Waals surface area contributed by atoms with E-state index in [0.717, 1.165) is 13.0 Å². The Bertz CT molecular complexity index is 272. The normalized spacial score (nSPS) is 22.9. The molecule has 1 aromatic carbocycles. The maximum Gasteiger partial charge on any atom is 0.0659 e. The van der Waals surface area contributed by atoms with Crippen molar-refractivity contribution in [3.8, 4) is 0 Å². The first-order valence-electron chi connectivity index (χ1n) is 4.29. The zero-order valence-electron chi connectivity index (χ0n) is 6.99. The van der Waals surface area contributed by atoms with Crippen molar-refractivity contribution in [2.45, 2.75) is 12.5 Å². The Morgan fingerprint density at radius 3 is 3.08 bits per heavy atom. The van der Waals surface area contributed by atoms with E-state index in [1.54, 1.807) is 0 Å². The molecule has 1 heterocycles. The predicted octanol–water partition coefficient (Wildman–Crippen LogP) is 1.26. The average molecular weight is 163 g/mol. The fourth-order valence-corrected chi connectivity index (χ4v) is 1.61. The summed E-state index contributed by atoms with van der Waals surface area (Å²) in [7, 11) is 0. The summed E-state index contributed by atoms with van der Waals surface area (Å²) in [4.78, 5) is 0. The van der Waals surface area contributed by atoms with E-state index in [0.29, 0.717) is 6.61 Å². The second-order valence-corrected chi connectivity index (χ2v) is 3.13. The van der Waals surface area contributed by atoms with Crippen molar-refractivity contribution >= 4 is 0 Å². The molecule has 1 aliphatic heterocycles. The first kappa shape index (κ1) is 7.77. The molecule has 2 N–H and O–H groups in total. The first-order chi connectivity index (χ1) is 5.88. The molecule has 0 aromatic heterocycles. The van der Waals surface area contributed by atoms with Crippen molar-refractivity contribution in [1.82, 2.24) is 0 Å². The summed E-state index contributed by atoms with van der Waals surface area (Å²) in [5.41, 5.74) is 8.50. The van der Waals surface area contributed by atoms with Crippen molar-refractivity contribution in [2.75, 3.05) is 13.2 Å². The van der Waals surface area contributed by atoms with Crippen LogP contribution in [0.5, 0.6) is 0 Å². The van der Waals surface area contributed by atoms with E-state index in [4.69, 9.17) is 10.5 Å². The number of fused-ring (bicyclic) bond motifs is 1. The largest absolute Gasteiger partial charge is 0.379 e. The number of rotatable bonds is 0. The molecule has 1 atom stereocenters. The van der Waals surface area contributed by atoms with E-state index in [1.807, 2.05) is 6.07 Å². The zero-order valence-corrected chi connectivity index (χ0v) is 6.99. The maximum atomic E-state index is 5.92. The molecular formula is C10H13NO. The van der Waals surface area contributed by atoms with E-state index in [-0.39, 0.29) is 6.04 Å². The molecule has 12 heavy (non-hydrogen) atoms. The summed E-state index contributed by atoms with van der Waals surface area (Å²) in [6.07, 6.45) is 0.990. The van der Waals surface area contributed by atoms with Gasteiger partial charge in [-0.3, -0.25) is 0 Å². The van der Waals surface area contributed by atoms with Crippen molar-refractivity contribution in [2.24, 2.45) is 5.73 Å². The fourth-order valence-electron chi connectivity index (χ4n) is 1.61. The second kappa shape index (κ2) is 3.25. The highest BCUT2D eigenvalue weighted by Crippen LogP contribution is 2.19. The quantitative estimate of drug-likeness (QED) is 0.625. The van der Waals surface area contributed by atoms with Gasteiger partial charge in [-0.1, -0.05) is 24.3 Å². The van der Waals surface area contributed by atoms with E-state index < -0.39 is 0 Å². The van der Waals surface area contributed by atoms with Crippen LogP contribution in [0.25, 0.3) is 0 Å². The smallest absolute Gasteiger partial charge is 0.0659 e. The van der Waals surface area contributed by atoms with Crippen molar-refractivity contribution < 1.29 is 4.74 Å². The standard InChI is InChI=1S/C10H13NO/c11-10-7-12-6-5-8-3-1-2-4-9(8)10/h1-4,10H,5-7,11H2. The summed E-state index contributed by atoms with van der Waals surface area (Å²) in [6.45, 7) is 1.45. The van der Waals surface area contributed by atoms with Crippen LogP contribution < -0.4 is 5.73 Å². The lowest BCUT2D eigenvalue weighted by Gasteiger charge is -2.10. The lowest BCUT2D eigenvalue weighted by molar-refractivity contribution is 0.131. The topological polar surface area (TPSA) is 35.2 Å². The van der Waals surface area contributed by atoms with E-state index in [1.165, 1.54) is 11.1 Å². The van der Waals surface area contributed by atoms with Crippen molar-refractivity contribution in [3.05, 3.63) is 35.4 Å². The van der Waals surface area contributed by atoms with Gasteiger partial charge in [0.25, 0.3) is 0 Å². The molecule has 1 aromatic rings. The molecule has 0 bridgehead atoms. The number of ether oxygens (including phenoxy) is 1. The highest BCUT2D eigenvalue weighted by Gasteiger charge is 2.13. The van der Waals surface area contributed by atoms with Gasteiger partial charge >= 0.3 is 0 Å². The third-order valence-electron chi connectivity index (χ3n) is 2.27. The molecule has 0 spiro atoms. The molecule has 0 amide bonds. The Hall–Kier alpha value is -0.860. The second-order valence-electron chi connectivity index (χ2n) is 3.13. The van der Waals surface area contributed by atoms with Crippen LogP contribution in [0.2, 0.25) is 0 Å². The number of hydrogen-bond donors (Lipinski definition) is 1. The Balaban J connectivity index is 2.39. The van der Waals surface area contributed by atoms with Crippen LogP contribution in [0.1, 0.15) is 17.2 Å². The first-order valence-corrected chi connectivity index (χ1v) is 4.29. The molecule has 1 aliphatic rings. The SMILES string of the molecule is NC1COCCc2ccccc21. The summed E-state index contributed by atoms with van der Waals surface area (Å²) >= 11 is 0. The average Bonchev–Trinajstić information content (AvgIpc) is 2.29. The van der Waals surface area contributed by atoms with Gasteiger partial charge in [-0.15, -0.1) is 0 Å². The van der Waals surface area contributed by atoms with Crippen molar-refractivity contribution in [3.63, 3.8) is 0 Å². The Kier molecular flexibility index (Phi) is 2.11. The van der Waals surface area contributed by atoms with E-state index in [9.17, 15) is 0 Å². The van der Waals surface area contributed by atoms with Crippen LogP contribution in [0.3, 0.4) is 0 Å². The number of nitrogens with two attached hydrogens (primary N) is 1. The fraction of sp³-hybridized carbons (Fsp3) is 0.400. The Morgan fingerprint density at radius 1 is 1.33 bits per heavy atom. The predicted molar refractivity (Wildman–Crippen MR) is 47.9 cm³/mol. The van der Waals surface area contributed by atoms with Gasteiger partial charge in [-0.05, 0) is 17.5 Å². The van der Waals surface area contributed by atoms with Crippen LogP contribution in [-0.2, 0) is 11.2 Å². The third-order valence-corrected chi connectivity index (χ3v) is 2.27. The lowest BCUT2D eigenvalue weighted by atomic mass is 10.0. The molecule has 64 valence electrons. The van der Waals surface area contributed by atoms with E-state index in [2.05, 4.69) is 18.2 Å². The number of benzene rings is 1. The van der Waals surface area contributed by atoms with E-state index >= 15 is 0 Å². The minimum atomic E-state index is 0.0590. The molecule has 2 nitrogen and oxygen atoms in total.